The first-order valence-electron chi connectivity index (χ1n) is 3.36. The lowest BCUT2D eigenvalue weighted by atomic mass is 10.2. The van der Waals surface area contributed by atoms with Gasteiger partial charge in [0.2, 0.25) is 0 Å². The standard InChI is InChI=1S/C7H13NO2/c1-3-9-6-10-5-7(2)4-8/h7H,3,5-6H2,1-2H3. The third-order valence-corrected chi connectivity index (χ3v) is 0.959. The Bertz CT molecular complexity index is 109. The summed E-state index contributed by atoms with van der Waals surface area (Å²) in [5.74, 6) is -0.0412. The summed E-state index contributed by atoms with van der Waals surface area (Å²) < 4.78 is 9.88. The van der Waals surface area contributed by atoms with Crippen molar-refractivity contribution in [3.05, 3.63) is 0 Å². The summed E-state index contributed by atoms with van der Waals surface area (Å²) in [5, 5.41) is 8.32. The Balaban J connectivity index is 2.98. The average Bonchev–Trinajstić information content (AvgIpc) is 1.98. The van der Waals surface area contributed by atoms with Crippen molar-refractivity contribution < 1.29 is 9.47 Å². The van der Waals surface area contributed by atoms with Gasteiger partial charge in [0.1, 0.15) is 6.79 Å². The van der Waals surface area contributed by atoms with Gasteiger partial charge >= 0.3 is 0 Å². The van der Waals surface area contributed by atoms with Crippen LogP contribution in [0.2, 0.25) is 0 Å². The summed E-state index contributed by atoms with van der Waals surface area (Å²) in [5.41, 5.74) is 0. The molecule has 0 aromatic carbocycles. The van der Waals surface area contributed by atoms with Crippen molar-refractivity contribution in [3.63, 3.8) is 0 Å². The molecule has 0 fully saturated rings. The van der Waals surface area contributed by atoms with Gasteiger partial charge in [-0.15, -0.1) is 0 Å². The van der Waals surface area contributed by atoms with Crippen molar-refractivity contribution in [2.75, 3.05) is 20.0 Å². The van der Waals surface area contributed by atoms with Crippen LogP contribution in [-0.2, 0) is 9.47 Å². The molecule has 0 aliphatic carbocycles. The highest BCUT2D eigenvalue weighted by Gasteiger charge is 1.97. The van der Waals surface area contributed by atoms with Gasteiger partial charge in [0.15, 0.2) is 0 Å². The first-order valence-corrected chi connectivity index (χ1v) is 3.36. The Labute approximate surface area is 61.5 Å². The van der Waals surface area contributed by atoms with E-state index in [1.807, 2.05) is 13.8 Å². The average molecular weight is 143 g/mol. The summed E-state index contributed by atoms with van der Waals surface area (Å²) in [6.07, 6.45) is 0. The maximum atomic E-state index is 8.32. The van der Waals surface area contributed by atoms with E-state index in [1.165, 1.54) is 0 Å². The molecule has 1 atom stereocenters. The van der Waals surface area contributed by atoms with E-state index in [-0.39, 0.29) is 5.92 Å². The Kier molecular flexibility index (Phi) is 6.14. The molecular formula is C7H13NO2. The van der Waals surface area contributed by atoms with Crippen molar-refractivity contribution in [2.45, 2.75) is 13.8 Å². The highest BCUT2D eigenvalue weighted by atomic mass is 16.7. The molecule has 0 aromatic heterocycles. The second kappa shape index (κ2) is 6.53. The third kappa shape index (κ3) is 5.54. The van der Waals surface area contributed by atoms with Crippen LogP contribution in [-0.4, -0.2) is 20.0 Å². The fourth-order valence-corrected chi connectivity index (χ4v) is 0.404. The fraction of sp³-hybridized carbons (Fsp3) is 0.857. The van der Waals surface area contributed by atoms with E-state index < -0.39 is 0 Å². The van der Waals surface area contributed by atoms with Crippen LogP contribution in [0.3, 0.4) is 0 Å². The van der Waals surface area contributed by atoms with Gasteiger partial charge in [0.25, 0.3) is 0 Å². The first kappa shape index (κ1) is 9.41. The van der Waals surface area contributed by atoms with E-state index in [9.17, 15) is 0 Å². The Morgan fingerprint density at radius 3 is 2.70 bits per heavy atom. The van der Waals surface area contributed by atoms with Gasteiger partial charge in [0.05, 0.1) is 18.6 Å². The molecule has 0 saturated carbocycles. The molecule has 0 heterocycles. The Hall–Kier alpha value is -0.590. The van der Waals surface area contributed by atoms with E-state index in [4.69, 9.17) is 14.7 Å². The molecule has 58 valence electrons. The SMILES string of the molecule is CCOCOCC(C)C#N. The van der Waals surface area contributed by atoms with Crippen LogP contribution >= 0.6 is 0 Å². The second-order valence-electron chi connectivity index (χ2n) is 2.01. The molecule has 3 nitrogen and oxygen atoms in total. The van der Waals surface area contributed by atoms with Gasteiger partial charge in [-0.3, -0.25) is 0 Å². The molecule has 0 rings (SSSR count). The van der Waals surface area contributed by atoms with E-state index in [0.29, 0.717) is 20.0 Å². The van der Waals surface area contributed by atoms with Crippen LogP contribution in [0.5, 0.6) is 0 Å². The predicted octanol–water partition coefficient (Wildman–Crippen LogP) is 1.16. The summed E-state index contributed by atoms with van der Waals surface area (Å²) >= 11 is 0. The lowest BCUT2D eigenvalue weighted by Crippen LogP contribution is -2.06. The molecule has 0 amide bonds. The first-order chi connectivity index (χ1) is 4.81. The van der Waals surface area contributed by atoms with Gasteiger partial charge < -0.3 is 9.47 Å². The zero-order valence-electron chi connectivity index (χ0n) is 6.46. The molecule has 0 aliphatic heterocycles. The second-order valence-corrected chi connectivity index (χ2v) is 2.01. The monoisotopic (exact) mass is 143 g/mol. The number of nitriles is 1. The third-order valence-electron chi connectivity index (χ3n) is 0.959. The van der Waals surface area contributed by atoms with Gasteiger partial charge in [-0.05, 0) is 13.8 Å². The van der Waals surface area contributed by atoms with Crippen molar-refractivity contribution in [1.29, 1.82) is 5.26 Å². The lowest BCUT2D eigenvalue weighted by Gasteiger charge is -2.03. The number of hydrogen-bond donors (Lipinski definition) is 0. The minimum atomic E-state index is -0.0412. The van der Waals surface area contributed by atoms with Crippen molar-refractivity contribution >= 4 is 0 Å². The van der Waals surface area contributed by atoms with Crippen LogP contribution in [0.25, 0.3) is 0 Å². The zero-order valence-corrected chi connectivity index (χ0v) is 6.46. The maximum Gasteiger partial charge on any atom is 0.146 e. The van der Waals surface area contributed by atoms with E-state index in [0.717, 1.165) is 0 Å². The van der Waals surface area contributed by atoms with Crippen molar-refractivity contribution in [1.82, 2.24) is 0 Å². The normalized spacial score (nSPS) is 12.5. The fourth-order valence-electron chi connectivity index (χ4n) is 0.404. The summed E-state index contributed by atoms with van der Waals surface area (Å²) in [7, 11) is 0. The van der Waals surface area contributed by atoms with Crippen LogP contribution in [0, 0.1) is 17.2 Å². The van der Waals surface area contributed by atoms with Gasteiger partial charge in [-0.2, -0.15) is 5.26 Å². The van der Waals surface area contributed by atoms with Gasteiger partial charge in [-0.1, -0.05) is 0 Å². The molecule has 0 aliphatic rings. The number of nitrogens with zero attached hydrogens (tertiary/aromatic N) is 1. The van der Waals surface area contributed by atoms with Crippen LogP contribution in [0.1, 0.15) is 13.8 Å². The van der Waals surface area contributed by atoms with Crippen LogP contribution in [0.4, 0.5) is 0 Å². The summed E-state index contributed by atoms with van der Waals surface area (Å²) in [6, 6.07) is 2.06. The molecule has 10 heavy (non-hydrogen) atoms. The number of hydrogen-bond acceptors (Lipinski definition) is 3. The maximum absolute atomic E-state index is 8.32. The van der Waals surface area contributed by atoms with Crippen molar-refractivity contribution in [3.8, 4) is 6.07 Å². The zero-order chi connectivity index (χ0) is 7.82. The van der Waals surface area contributed by atoms with E-state index >= 15 is 0 Å². The van der Waals surface area contributed by atoms with Crippen LogP contribution in [0.15, 0.2) is 0 Å². The molecular weight excluding hydrogens is 130 g/mol. The van der Waals surface area contributed by atoms with Crippen LogP contribution < -0.4 is 0 Å². The molecule has 0 saturated heterocycles. The highest BCUT2D eigenvalue weighted by molar-refractivity contribution is 4.77. The molecule has 0 bridgehead atoms. The quantitative estimate of drug-likeness (QED) is 0.428. The largest absolute Gasteiger partial charge is 0.356 e. The minimum Gasteiger partial charge on any atom is -0.356 e. The molecule has 0 aromatic rings. The van der Waals surface area contributed by atoms with E-state index in [1.54, 1.807) is 0 Å². The number of rotatable bonds is 5. The molecule has 1 unspecified atom stereocenters. The lowest BCUT2D eigenvalue weighted by molar-refractivity contribution is -0.0545. The van der Waals surface area contributed by atoms with Gasteiger partial charge in [-0.25, -0.2) is 0 Å². The molecule has 0 radical (unpaired) electrons. The van der Waals surface area contributed by atoms with Crippen molar-refractivity contribution in [2.24, 2.45) is 5.92 Å². The Morgan fingerprint density at radius 1 is 1.50 bits per heavy atom. The molecule has 3 heteroatoms. The molecule has 0 spiro atoms. The summed E-state index contributed by atoms with van der Waals surface area (Å²) in [6.45, 7) is 5.11. The Morgan fingerprint density at radius 2 is 2.20 bits per heavy atom. The molecule has 0 N–H and O–H groups in total. The summed E-state index contributed by atoms with van der Waals surface area (Å²) in [4.78, 5) is 0. The smallest absolute Gasteiger partial charge is 0.146 e. The topological polar surface area (TPSA) is 42.2 Å². The minimum absolute atomic E-state index is 0.0412. The highest BCUT2D eigenvalue weighted by Crippen LogP contribution is 1.91. The van der Waals surface area contributed by atoms with Gasteiger partial charge in [0, 0.05) is 6.61 Å². The van der Waals surface area contributed by atoms with E-state index in [2.05, 4.69) is 6.07 Å². The predicted molar refractivity (Wildman–Crippen MR) is 37.2 cm³/mol. The number of ether oxygens (including phenoxy) is 2.